The highest BCUT2D eigenvalue weighted by molar-refractivity contribution is 7.26. The van der Waals surface area contributed by atoms with Crippen molar-refractivity contribution in [3.63, 3.8) is 0 Å². The number of furan rings is 1. The Morgan fingerprint density at radius 3 is 1.98 bits per heavy atom. The monoisotopic (exact) mass is 748 g/mol. The first kappa shape index (κ1) is 32.0. The zero-order chi connectivity index (χ0) is 37.5. The second-order valence-corrected chi connectivity index (χ2v) is 15.6. The zero-order valence-corrected chi connectivity index (χ0v) is 31.4. The number of nitrogens with one attached hydrogen (secondary N) is 1. The van der Waals surface area contributed by atoms with Crippen molar-refractivity contribution in [2.24, 2.45) is 9.98 Å². The number of rotatable bonds is 5. The van der Waals surface area contributed by atoms with Crippen LogP contribution in [0, 0.1) is 0 Å². The Morgan fingerprint density at radius 2 is 1.19 bits per heavy atom. The number of amidine groups is 2. The van der Waals surface area contributed by atoms with Crippen molar-refractivity contribution in [1.29, 1.82) is 0 Å². The minimum atomic E-state index is -0.333. The molecule has 0 bridgehead atoms. The molecule has 0 aliphatic carbocycles. The van der Waals surface area contributed by atoms with Crippen LogP contribution in [0.4, 0.5) is 0 Å². The molecule has 0 saturated carbocycles. The maximum absolute atomic E-state index is 6.80. The minimum absolute atomic E-state index is 0.333. The van der Waals surface area contributed by atoms with E-state index in [2.05, 4.69) is 155 Å². The molecule has 1 aliphatic heterocycles. The molecule has 1 unspecified atom stereocenters. The van der Waals surface area contributed by atoms with E-state index in [4.69, 9.17) is 14.4 Å². The lowest BCUT2D eigenvalue weighted by atomic mass is 9.97. The second kappa shape index (κ2) is 12.6. The van der Waals surface area contributed by atoms with Crippen LogP contribution in [0.15, 0.2) is 196 Å². The molecule has 3 aromatic heterocycles. The van der Waals surface area contributed by atoms with Gasteiger partial charge in [-0.15, -0.1) is 11.3 Å². The third-order valence-corrected chi connectivity index (χ3v) is 12.5. The van der Waals surface area contributed by atoms with Crippen LogP contribution >= 0.6 is 11.3 Å². The fraction of sp³-hybridized carbons (Fsp3) is 0.0196. The third-order valence-electron chi connectivity index (χ3n) is 11.3. The molecule has 1 atom stereocenters. The van der Waals surface area contributed by atoms with E-state index in [9.17, 15) is 0 Å². The molecule has 6 heteroatoms. The summed E-state index contributed by atoms with van der Waals surface area (Å²) in [5.74, 6) is 1.50. The molecule has 57 heavy (non-hydrogen) atoms. The highest BCUT2D eigenvalue weighted by Gasteiger charge is 2.24. The van der Waals surface area contributed by atoms with Crippen LogP contribution < -0.4 is 5.32 Å². The largest absolute Gasteiger partial charge is 0.455 e. The molecule has 8 aromatic carbocycles. The van der Waals surface area contributed by atoms with Crippen molar-refractivity contribution < 1.29 is 4.42 Å². The average molecular weight is 749 g/mol. The van der Waals surface area contributed by atoms with E-state index in [-0.39, 0.29) is 6.17 Å². The van der Waals surface area contributed by atoms with Gasteiger partial charge in [0.05, 0.1) is 21.4 Å². The number of aliphatic imine (C=N–C) groups is 2. The van der Waals surface area contributed by atoms with E-state index in [0.29, 0.717) is 5.84 Å². The van der Waals surface area contributed by atoms with Gasteiger partial charge in [0.1, 0.15) is 23.2 Å². The van der Waals surface area contributed by atoms with Gasteiger partial charge in [-0.2, -0.15) is 0 Å². The van der Waals surface area contributed by atoms with E-state index < -0.39 is 0 Å². The predicted molar refractivity (Wildman–Crippen MR) is 238 cm³/mol. The lowest BCUT2D eigenvalue weighted by Gasteiger charge is -2.23. The van der Waals surface area contributed by atoms with Crippen molar-refractivity contribution in [3.05, 3.63) is 199 Å². The third kappa shape index (κ3) is 5.01. The average Bonchev–Trinajstić information content (AvgIpc) is 3.96. The molecule has 0 radical (unpaired) electrons. The molecule has 268 valence electrons. The van der Waals surface area contributed by atoms with Gasteiger partial charge in [0.15, 0.2) is 5.84 Å². The van der Waals surface area contributed by atoms with E-state index in [1.54, 1.807) is 0 Å². The number of hydrogen-bond donors (Lipinski definition) is 1. The number of aromatic nitrogens is 1. The van der Waals surface area contributed by atoms with E-state index in [1.165, 1.54) is 47.7 Å². The van der Waals surface area contributed by atoms with Crippen molar-refractivity contribution in [3.8, 4) is 16.8 Å². The maximum atomic E-state index is 6.80. The summed E-state index contributed by atoms with van der Waals surface area (Å²) in [5, 5.41) is 10.8. The van der Waals surface area contributed by atoms with Gasteiger partial charge < -0.3 is 14.3 Å². The van der Waals surface area contributed by atoms with Gasteiger partial charge in [-0.25, -0.2) is 9.98 Å². The maximum Gasteiger partial charge on any atom is 0.159 e. The first-order valence-electron chi connectivity index (χ1n) is 19.2. The lowest BCUT2D eigenvalue weighted by molar-refractivity contribution is 0.664. The summed E-state index contributed by atoms with van der Waals surface area (Å²) >= 11 is 1.86. The number of benzene rings is 8. The molecule has 4 heterocycles. The first-order chi connectivity index (χ1) is 28.3. The lowest BCUT2D eigenvalue weighted by Crippen LogP contribution is -2.33. The summed E-state index contributed by atoms with van der Waals surface area (Å²) in [4.78, 5) is 10.1. The van der Waals surface area contributed by atoms with Crippen LogP contribution in [-0.4, -0.2) is 16.2 Å². The minimum Gasteiger partial charge on any atom is -0.455 e. The topological polar surface area (TPSA) is 54.8 Å². The summed E-state index contributed by atoms with van der Waals surface area (Å²) in [7, 11) is 0. The quantitative estimate of drug-likeness (QED) is 0.191. The predicted octanol–water partition coefficient (Wildman–Crippen LogP) is 13.2. The zero-order valence-electron chi connectivity index (χ0n) is 30.6. The van der Waals surface area contributed by atoms with E-state index in [0.717, 1.165) is 55.6 Å². The molecule has 12 rings (SSSR count). The number of para-hydroxylation sites is 3. The Bertz CT molecular complexity index is 3390. The van der Waals surface area contributed by atoms with Crippen molar-refractivity contribution in [1.82, 2.24) is 9.88 Å². The van der Waals surface area contributed by atoms with Crippen LogP contribution in [0.2, 0.25) is 0 Å². The fourth-order valence-electron chi connectivity index (χ4n) is 8.69. The number of fused-ring (bicyclic) bond motifs is 9. The number of hydrogen-bond acceptors (Lipinski definition) is 5. The van der Waals surface area contributed by atoms with Gasteiger partial charge in [-0.3, -0.25) is 0 Å². The van der Waals surface area contributed by atoms with Crippen LogP contribution in [0.25, 0.3) is 80.7 Å². The molecular formula is C51H32N4OS. The fourth-order valence-corrected chi connectivity index (χ4v) is 9.93. The van der Waals surface area contributed by atoms with Gasteiger partial charge in [-0.05, 0) is 47.5 Å². The molecule has 0 fully saturated rings. The van der Waals surface area contributed by atoms with Crippen LogP contribution in [0.3, 0.4) is 0 Å². The smallest absolute Gasteiger partial charge is 0.159 e. The van der Waals surface area contributed by atoms with Crippen LogP contribution in [-0.2, 0) is 0 Å². The molecular weight excluding hydrogens is 717 g/mol. The highest BCUT2D eigenvalue weighted by atomic mass is 32.1. The van der Waals surface area contributed by atoms with Crippen LogP contribution in [0.1, 0.15) is 22.9 Å². The van der Waals surface area contributed by atoms with Gasteiger partial charge in [0, 0.05) is 53.7 Å². The normalized spacial score (nSPS) is 14.5. The SMILES string of the molecule is c1ccc(C2=NC(c3ccc4oc5c(-c6cccc7sc8c(-n9c%10ccccc%10c%10ccccc%109)cccc8c67)cccc5c4c3)NC(c3ccccc3)=N2)cc1. The molecule has 1 aliphatic rings. The van der Waals surface area contributed by atoms with Gasteiger partial charge in [0.25, 0.3) is 0 Å². The summed E-state index contributed by atoms with van der Waals surface area (Å²) in [5.41, 5.74) is 10.6. The number of nitrogens with zero attached hydrogens (tertiary/aromatic N) is 3. The second-order valence-electron chi connectivity index (χ2n) is 14.5. The Morgan fingerprint density at radius 1 is 0.544 bits per heavy atom. The van der Waals surface area contributed by atoms with Gasteiger partial charge in [0.2, 0.25) is 0 Å². The van der Waals surface area contributed by atoms with Crippen molar-refractivity contribution >= 4 is 86.9 Å². The Hall–Kier alpha value is -7.28. The summed E-state index contributed by atoms with van der Waals surface area (Å²) in [6.45, 7) is 0. The molecule has 5 nitrogen and oxygen atoms in total. The summed E-state index contributed by atoms with van der Waals surface area (Å²) < 4.78 is 11.7. The van der Waals surface area contributed by atoms with E-state index >= 15 is 0 Å². The summed E-state index contributed by atoms with van der Waals surface area (Å²) in [6, 6.07) is 64.2. The molecule has 0 spiro atoms. The first-order valence-corrected chi connectivity index (χ1v) is 20.0. The van der Waals surface area contributed by atoms with Crippen molar-refractivity contribution in [2.45, 2.75) is 6.17 Å². The van der Waals surface area contributed by atoms with E-state index in [1.807, 2.05) is 47.7 Å². The molecule has 0 saturated heterocycles. The standard InChI is InChI=1S/C51H32N4OS/c1-3-14-31(15-4-1)49-52-50(32-16-5-2-6-17-32)54-51(53-49)33-28-29-44-40(30-33)38-22-11-21-37(47(38)56-44)36-20-13-27-45-46(36)39-23-12-26-43(48(39)57-45)55-41-24-9-7-18-34(41)35-19-8-10-25-42(35)55/h1-30,51H,(H,52,53,54). The number of thiophene rings is 1. The Labute approximate surface area is 331 Å². The Kier molecular flexibility index (Phi) is 7.09. The summed E-state index contributed by atoms with van der Waals surface area (Å²) in [6.07, 6.45) is -0.333. The molecule has 0 amide bonds. The Balaban J connectivity index is 1.01. The van der Waals surface area contributed by atoms with Gasteiger partial charge in [-0.1, -0.05) is 146 Å². The van der Waals surface area contributed by atoms with Gasteiger partial charge >= 0.3 is 0 Å². The van der Waals surface area contributed by atoms with Crippen LogP contribution in [0.5, 0.6) is 0 Å². The molecule has 11 aromatic rings. The highest BCUT2D eigenvalue weighted by Crippen LogP contribution is 2.46. The molecule has 1 N–H and O–H groups in total. The van der Waals surface area contributed by atoms with Crippen molar-refractivity contribution in [2.75, 3.05) is 0 Å².